The van der Waals surface area contributed by atoms with E-state index in [-0.39, 0.29) is 12.0 Å². The maximum Gasteiger partial charge on any atom is 0.249 e. The van der Waals surface area contributed by atoms with Gasteiger partial charge in [0.1, 0.15) is 11.9 Å². The quantitative estimate of drug-likeness (QED) is 0.784. The number of carbonyl (C=O) groups is 1. The van der Waals surface area contributed by atoms with Crippen molar-refractivity contribution in [3.8, 4) is 5.75 Å². The fourth-order valence-electron chi connectivity index (χ4n) is 2.02. The molecule has 5 nitrogen and oxygen atoms in total. The summed E-state index contributed by atoms with van der Waals surface area (Å²) in [5.41, 5.74) is 7.23. The lowest BCUT2D eigenvalue weighted by Crippen LogP contribution is -2.33. The fraction of sp³-hybridized carbons (Fsp3) is 0.462. The Kier molecular flexibility index (Phi) is 4.04. The average Bonchev–Trinajstić information content (AvgIpc) is 2.90. The Morgan fingerprint density at radius 3 is 3.11 bits per heavy atom. The summed E-state index contributed by atoms with van der Waals surface area (Å²) >= 11 is 0. The van der Waals surface area contributed by atoms with Crippen molar-refractivity contribution in [2.75, 3.05) is 19.5 Å². The summed E-state index contributed by atoms with van der Waals surface area (Å²) in [5.74, 6) is 0.647. The number of nitrogen functional groups attached to an aromatic ring is 1. The van der Waals surface area contributed by atoms with Gasteiger partial charge in [-0.1, -0.05) is 0 Å². The molecule has 1 aromatic rings. The topological polar surface area (TPSA) is 73.6 Å². The molecule has 0 radical (unpaired) electrons. The maximum atomic E-state index is 11.8. The van der Waals surface area contributed by atoms with E-state index in [1.807, 2.05) is 0 Å². The van der Waals surface area contributed by atoms with Crippen molar-refractivity contribution in [3.63, 3.8) is 0 Å². The van der Waals surface area contributed by atoms with Gasteiger partial charge < -0.3 is 20.5 Å². The molecule has 1 aliphatic heterocycles. The van der Waals surface area contributed by atoms with E-state index in [1.54, 1.807) is 25.3 Å². The number of ether oxygens (including phenoxy) is 2. The minimum atomic E-state index is -0.308. The molecule has 1 unspecified atom stereocenters. The summed E-state index contributed by atoms with van der Waals surface area (Å²) in [4.78, 5) is 11.8. The van der Waals surface area contributed by atoms with Crippen molar-refractivity contribution in [1.29, 1.82) is 0 Å². The number of nitrogens with one attached hydrogen (secondary N) is 1. The Labute approximate surface area is 106 Å². The molecule has 0 aromatic heterocycles. The molecule has 0 aliphatic carbocycles. The van der Waals surface area contributed by atoms with Crippen LogP contribution in [0.2, 0.25) is 0 Å². The highest BCUT2D eigenvalue weighted by atomic mass is 16.5. The monoisotopic (exact) mass is 250 g/mol. The highest BCUT2D eigenvalue weighted by Gasteiger charge is 2.23. The first-order valence-corrected chi connectivity index (χ1v) is 6.02. The predicted molar refractivity (Wildman–Crippen MR) is 68.2 cm³/mol. The smallest absolute Gasteiger partial charge is 0.249 e. The molecule has 1 saturated heterocycles. The largest absolute Gasteiger partial charge is 0.496 e. The van der Waals surface area contributed by atoms with E-state index in [4.69, 9.17) is 15.2 Å². The standard InChI is InChI=1S/C13H18N2O3/c1-17-11-5-4-10(14)7-9(11)8-15-13(16)12-3-2-6-18-12/h4-5,7,12H,2-3,6,8,14H2,1H3,(H,15,16). The van der Waals surface area contributed by atoms with Crippen LogP contribution in [0.3, 0.4) is 0 Å². The van der Waals surface area contributed by atoms with E-state index in [0.717, 1.165) is 24.2 Å². The van der Waals surface area contributed by atoms with E-state index < -0.39 is 0 Å². The molecule has 0 saturated carbocycles. The van der Waals surface area contributed by atoms with Gasteiger partial charge in [-0.05, 0) is 31.0 Å². The minimum Gasteiger partial charge on any atom is -0.496 e. The first-order valence-electron chi connectivity index (χ1n) is 6.02. The van der Waals surface area contributed by atoms with Crippen molar-refractivity contribution < 1.29 is 14.3 Å². The molecule has 18 heavy (non-hydrogen) atoms. The Hall–Kier alpha value is -1.75. The van der Waals surface area contributed by atoms with E-state index >= 15 is 0 Å². The number of carbonyl (C=O) groups excluding carboxylic acids is 1. The second-order valence-electron chi connectivity index (χ2n) is 4.29. The lowest BCUT2D eigenvalue weighted by Gasteiger charge is -2.13. The first kappa shape index (κ1) is 12.7. The minimum absolute atomic E-state index is 0.0722. The van der Waals surface area contributed by atoms with E-state index in [0.29, 0.717) is 18.8 Å². The molecule has 1 amide bonds. The van der Waals surface area contributed by atoms with Gasteiger partial charge in [0.25, 0.3) is 0 Å². The Morgan fingerprint density at radius 2 is 2.44 bits per heavy atom. The van der Waals surface area contributed by atoms with Crippen LogP contribution in [-0.4, -0.2) is 25.7 Å². The average molecular weight is 250 g/mol. The number of nitrogens with two attached hydrogens (primary N) is 1. The van der Waals surface area contributed by atoms with Crippen molar-refractivity contribution in [3.05, 3.63) is 23.8 Å². The van der Waals surface area contributed by atoms with Gasteiger partial charge in [0, 0.05) is 24.4 Å². The fourth-order valence-corrected chi connectivity index (χ4v) is 2.02. The van der Waals surface area contributed by atoms with Crippen LogP contribution < -0.4 is 15.8 Å². The third-order valence-electron chi connectivity index (χ3n) is 2.98. The highest BCUT2D eigenvalue weighted by Crippen LogP contribution is 2.21. The van der Waals surface area contributed by atoms with E-state index in [2.05, 4.69) is 5.32 Å². The third-order valence-corrected chi connectivity index (χ3v) is 2.98. The molecular weight excluding hydrogens is 232 g/mol. The van der Waals surface area contributed by atoms with Gasteiger partial charge in [0.05, 0.1) is 7.11 Å². The normalized spacial score (nSPS) is 18.6. The van der Waals surface area contributed by atoms with Crippen LogP contribution in [0.25, 0.3) is 0 Å². The molecule has 3 N–H and O–H groups in total. The number of rotatable bonds is 4. The van der Waals surface area contributed by atoms with Gasteiger partial charge in [-0.3, -0.25) is 4.79 Å². The van der Waals surface area contributed by atoms with Gasteiger partial charge in [-0.2, -0.15) is 0 Å². The van der Waals surface area contributed by atoms with Gasteiger partial charge in [0.15, 0.2) is 0 Å². The van der Waals surface area contributed by atoms with Crippen molar-refractivity contribution in [2.24, 2.45) is 0 Å². The van der Waals surface area contributed by atoms with Crippen LogP contribution >= 0.6 is 0 Å². The van der Waals surface area contributed by atoms with Crippen LogP contribution in [0, 0.1) is 0 Å². The van der Waals surface area contributed by atoms with Crippen LogP contribution in [0.4, 0.5) is 5.69 Å². The van der Waals surface area contributed by atoms with E-state index in [1.165, 1.54) is 0 Å². The molecule has 1 fully saturated rings. The van der Waals surface area contributed by atoms with Crippen molar-refractivity contribution >= 4 is 11.6 Å². The van der Waals surface area contributed by atoms with Crippen LogP contribution in [0.1, 0.15) is 18.4 Å². The summed E-state index contributed by atoms with van der Waals surface area (Å²) in [7, 11) is 1.59. The SMILES string of the molecule is COc1ccc(N)cc1CNC(=O)C1CCCO1. The number of methoxy groups -OCH3 is 1. The van der Waals surface area contributed by atoms with E-state index in [9.17, 15) is 4.79 Å². The number of amides is 1. The van der Waals surface area contributed by atoms with Crippen LogP contribution in [-0.2, 0) is 16.1 Å². The summed E-state index contributed by atoms with van der Waals surface area (Å²) < 4.78 is 10.5. The second-order valence-corrected chi connectivity index (χ2v) is 4.29. The number of hydrogen-bond donors (Lipinski definition) is 2. The lowest BCUT2D eigenvalue weighted by molar-refractivity contribution is -0.130. The molecule has 1 aromatic carbocycles. The molecule has 0 spiro atoms. The lowest BCUT2D eigenvalue weighted by atomic mass is 10.1. The summed E-state index contributed by atoms with van der Waals surface area (Å²) in [6.45, 7) is 1.06. The van der Waals surface area contributed by atoms with Crippen LogP contribution in [0.15, 0.2) is 18.2 Å². The molecule has 0 bridgehead atoms. The van der Waals surface area contributed by atoms with Crippen LogP contribution in [0.5, 0.6) is 5.75 Å². The van der Waals surface area contributed by atoms with Gasteiger partial charge in [-0.15, -0.1) is 0 Å². The molecule has 1 atom stereocenters. The highest BCUT2D eigenvalue weighted by molar-refractivity contribution is 5.81. The number of anilines is 1. The second kappa shape index (κ2) is 5.73. The maximum absolute atomic E-state index is 11.8. The molecule has 5 heteroatoms. The predicted octanol–water partition coefficient (Wildman–Crippen LogP) is 1.07. The molecule has 2 rings (SSSR count). The zero-order chi connectivity index (χ0) is 13.0. The third kappa shape index (κ3) is 2.92. The molecule has 1 heterocycles. The van der Waals surface area contributed by atoms with Gasteiger partial charge >= 0.3 is 0 Å². The van der Waals surface area contributed by atoms with Crippen molar-refractivity contribution in [2.45, 2.75) is 25.5 Å². The summed E-state index contributed by atoms with van der Waals surface area (Å²) in [6.07, 6.45) is 1.43. The summed E-state index contributed by atoms with van der Waals surface area (Å²) in [5, 5.41) is 2.84. The van der Waals surface area contributed by atoms with Crippen molar-refractivity contribution in [1.82, 2.24) is 5.32 Å². The summed E-state index contributed by atoms with van der Waals surface area (Å²) in [6, 6.07) is 5.36. The Morgan fingerprint density at radius 1 is 1.61 bits per heavy atom. The molecule has 98 valence electrons. The molecular formula is C13H18N2O3. The number of hydrogen-bond acceptors (Lipinski definition) is 4. The Balaban J connectivity index is 1.96. The molecule has 1 aliphatic rings. The Bertz CT molecular complexity index is 428. The zero-order valence-corrected chi connectivity index (χ0v) is 10.4. The first-order chi connectivity index (χ1) is 8.70. The van der Waals surface area contributed by atoms with Gasteiger partial charge in [0.2, 0.25) is 5.91 Å². The zero-order valence-electron chi connectivity index (χ0n) is 10.4. The van der Waals surface area contributed by atoms with Gasteiger partial charge in [-0.25, -0.2) is 0 Å². The number of benzene rings is 1.